The number of hydrogen-bond acceptors (Lipinski definition) is 5. The van der Waals surface area contributed by atoms with Crippen LogP contribution in [0.4, 0.5) is 5.69 Å². The maximum atomic E-state index is 10.5. The number of nitro groups is 1. The molecule has 0 bridgehead atoms. The van der Waals surface area contributed by atoms with E-state index in [-0.39, 0.29) is 11.3 Å². The standard InChI is InChI=1S/C7H8N2O5S/c10-7(8-15(13)14)5-3-1-2-4-6(5)9(11)12/h1-4,7-8,10H,(H,13,14)/p-1. The number of nitro benzene ring substituents is 1. The molecule has 0 saturated heterocycles. The van der Waals surface area contributed by atoms with Gasteiger partial charge in [-0.1, -0.05) is 12.1 Å². The van der Waals surface area contributed by atoms with E-state index >= 15 is 0 Å². The zero-order valence-corrected chi connectivity index (χ0v) is 8.14. The lowest BCUT2D eigenvalue weighted by atomic mass is 10.1. The third kappa shape index (κ3) is 3.06. The largest absolute Gasteiger partial charge is 0.760 e. The Morgan fingerprint density at radius 1 is 1.47 bits per heavy atom. The highest BCUT2D eigenvalue weighted by Gasteiger charge is 2.18. The summed E-state index contributed by atoms with van der Waals surface area (Å²) in [7, 11) is 0. The van der Waals surface area contributed by atoms with Gasteiger partial charge in [0.05, 0.1) is 10.5 Å². The molecule has 2 unspecified atom stereocenters. The first kappa shape index (κ1) is 11.7. The first-order valence-electron chi connectivity index (χ1n) is 3.79. The van der Waals surface area contributed by atoms with Gasteiger partial charge < -0.3 is 9.66 Å². The lowest BCUT2D eigenvalue weighted by Gasteiger charge is -2.14. The lowest BCUT2D eigenvalue weighted by molar-refractivity contribution is -0.386. The van der Waals surface area contributed by atoms with Crippen molar-refractivity contribution in [3.63, 3.8) is 0 Å². The predicted molar refractivity (Wildman–Crippen MR) is 50.1 cm³/mol. The molecule has 7 nitrogen and oxygen atoms in total. The predicted octanol–water partition coefficient (Wildman–Crippen LogP) is -0.0306. The molecule has 0 aliphatic carbocycles. The molecular formula is C7H7N2O5S-. The summed E-state index contributed by atoms with van der Waals surface area (Å²) in [6, 6.07) is 5.32. The van der Waals surface area contributed by atoms with Gasteiger partial charge >= 0.3 is 0 Å². The van der Waals surface area contributed by atoms with Gasteiger partial charge in [0.25, 0.3) is 5.69 Å². The molecule has 1 aromatic rings. The summed E-state index contributed by atoms with van der Waals surface area (Å²) in [4.78, 5) is 9.82. The fraction of sp³-hybridized carbons (Fsp3) is 0.143. The summed E-state index contributed by atoms with van der Waals surface area (Å²) < 4.78 is 22.2. The minimum Gasteiger partial charge on any atom is -0.760 e. The smallest absolute Gasteiger partial charge is 0.276 e. The summed E-state index contributed by atoms with van der Waals surface area (Å²) in [5, 5.41) is 19.8. The average Bonchev–Trinajstić information content (AvgIpc) is 2.16. The maximum Gasteiger partial charge on any atom is 0.276 e. The van der Waals surface area contributed by atoms with E-state index in [0.717, 1.165) is 0 Å². The van der Waals surface area contributed by atoms with Crippen LogP contribution in [0.5, 0.6) is 0 Å². The molecule has 0 heterocycles. The highest BCUT2D eigenvalue weighted by Crippen LogP contribution is 2.22. The van der Waals surface area contributed by atoms with Crippen molar-refractivity contribution >= 4 is 17.0 Å². The van der Waals surface area contributed by atoms with Crippen molar-refractivity contribution in [2.75, 3.05) is 0 Å². The van der Waals surface area contributed by atoms with E-state index in [0.29, 0.717) is 0 Å². The Balaban J connectivity index is 3.02. The summed E-state index contributed by atoms with van der Waals surface area (Å²) >= 11 is -2.69. The first-order chi connectivity index (χ1) is 7.02. The maximum absolute atomic E-state index is 10.5. The van der Waals surface area contributed by atoms with E-state index in [1.165, 1.54) is 24.3 Å². The number of benzene rings is 1. The molecule has 2 atom stereocenters. The zero-order valence-electron chi connectivity index (χ0n) is 7.32. The third-order valence-corrected chi connectivity index (χ3v) is 2.05. The number of para-hydroxylation sites is 1. The molecule has 82 valence electrons. The molecule has 0 saturated carbocycles. The van der Waals surface area contributed by atoms with E-state index in [1.54, 1.807) is 4.72 Å². The van der Waals surface area contributed by atoms with Crippen LogP contribution >= 0.6 is 0 Å². The van der Waals surface area contributed by atoms with Crippen LogP contribution in [-0.2, 0) is 11.3 Å². The summed E-state index contributed by atoms with van der Waals surface area (Å²) in [6.45, 7) is 0. The van der Waals surface area contributed by atoms with Gasteiger partial charge in [0.1, 0.15) is 6.23 Å². The Bertz CT molecular complexity index is 397. The highest BCUT2D eigenvalue weighted by molar-refractivity contribution is 7.77. The lowest BCUT2D eigenvalue weighted by Crippen LogP contribution is -2.23. The normalized spacial score (nSPS) is 14.5. The molecule has 0 radical (unpaired) electrons. The molecule has 0 aliphatic heterocycles. The molecule has 1 aromatic carbocycles. The zero-order chi connectivity index (χ0) is 11.4. The fourth-order valence-corrected chi connectivity index (χ4v) is 1.35. The van der Waals surface area contributed by atoms with Crippen molar-refractivity contribution in [2.45, 2.75) is 6.23 Å². The van der Waals surface area contributed by atoms with Crippen LogP contribution in [0.15, 0.2) is 24.3 Å². The Morgan fingerprint density at radius 3 is 2.60 bits per heavy atom. The second kappa shape index (κ2) is 4.94. The van der Waals surface area contributed by atoms with Crippen LogP contribution in [0.25, 0.3) is 0 Å². The molecule has 15 heavy (non-hydrogen) atoms. The molecular weight excluding hydrogens is 224 g/mol. The van der Waals surface area contributed by atoms with Crippen molar-refractivity contribution in [2.24, 2.45) is 0 Å². The Hall–Kier alpha value is -1.35. The summed E-state index contributed by atoms with van der Waals surface area (Å²) in [5.74, 6) is 0. The number of nitrogens with one attached hydrogen (secondary N) is 1. The SMILES string of the molecule is O=[N+]([O-])c1ccccc1C(O)NS(=O)[O-]. The van der Waals surface area contributed by atoms with E-state index in [4.69, 9.17) is 0 Å². The van der Waals surface area contributed by atoms with Crippen molar-refractivity contribution in [1.82, 2.24) is 4.72 Å². The Kier molecular flexibility index (Phi) is 3.86. The van der Waals surface area contributed by atoms with Gasteiger partial charge in [-0.25, -0.2) is 4.72 Å². The Labute approximate surface area is 87.3 Å². The van der Waals surface area contributed by atoms with Gasteiger partial charge in [-0.05, 0) is 6.07 Å². The Morgan fingerprint density at radius 2 is 2.07 bits per heavy atom. The van der Waals surface area contributed by atoms with Crippen LogP contribution in [0.3, 0.4) is 0 Å². The number of nitrogens with zero attached hydrogens (tertiary/aromatic N) is 1. The molecule has 0 spiro atoms. The van der Waals surface area contributed by atoms with E-state index in [2.05, 4.69) is 0 Å². The van der Waals surface area contributed by atoms with Crippen LogP contribution in [-0.4, -0.2) is 18.8 Å². The van der Waals surface area contributed by atoms with E-state index in [9.17, 15) is 24.0 Å². The minimum absolute atomic E-state index is 0.105. The first-order valence-corrected chi connectivity index (χ1v) is 4.86. The van der Waals surface area contributed by atoms with Crippen LogP contribution in [0.1, 0.15) is 11.8 Å². The summed E-state index contributed by atoms with van der Waals surface area (Å²) in [5.41, 5.74) is -0.449. The monoisotopic (exact) mass is 231 g/mol. The van der Waals surface area contributed by atoms with Crippen LogP contribution in [0.2, 0.25) is 0 Å². The van der Waals surface area contributed by atoms with Crippen molar-refractivity contribution < 1.29 is 18.8 Å². The number of hydrogen-bond donors (Lipinski definition) is 2. The van der Waals surface area contributed by atoms with Crippen LogP contribution < -0.4 is 4.72 Å². The second-order valence-corrected chi connectivity index (χ2v) is 3.28. The van der Waals surface area contributed by atoms with Crippen molar-refractivity contribution in [3.8, 4) is 0 Å². The number of aliphatic hydroxyl groups excluding tert-OH is 1. The van der Waals surface area contributed by atoms with Gasteiger partial charge in [-0.15, -0.1) is 0 Å². The van der Waals surface area contributed by atoms with Gasteiger partial charge in [0.15, 0.2) is 0 Å². The summed E-state index contributed by atoms with van der Waals surface area (Å²) in [6.07, 6.45) is -1.62. The third-order valence-electron chi connectivity index (χ3n) is 1.64. The molecule has 8 heteroatoms. The van der Waals surface area contributed by atoms with E-state index in [1.807, 2.05) is 0 Å². The fourth-order valence-electron chi connectivity index (χ4n) is 1.04. The molecule has 0 fully saturated rings. The average molecular weight is 231 g/mol. The topological polar surface area (TPSA) is 116 Å². The van der Waals surface area contributed by atoms with Gasteiger partial charge in [-0.3, -0.25) is 14.3 Å². The molecule has 1 rings (SSSR count). The van der Waals surface area contributed by atoms with Crippen molar-refractivity contribution in [3.05, 3.63) is 39.9 Å². The van der Waals surface area contributed by atoms with Gasteiger partial charge in [0, 0.05) is 17.3 Å². The quantitative estimate of drug-likeness (QED) is 0.326. The number of aliphatic hydroxyl groups is 1. The van der Waals surface area contributed by atoms with Gasteiger partial charge in [0.2, 0.25) is 0 Å². The number of rotatable bonds is 4. The molecule has 0 aliphatic rings. The second-order valence-electron chi connectivity index (χ2n) is 2.57. The van der Waals surface area contributed by atoms with Crippen LogP contribution in [0, 0.1) is 10.1 Å². The molecule has 0 aromatic heterocycles. The molecule has 2 N–H and O–H groups in total. The van der Waals surface area contributed by atoms with E-state index < -0.39 is 22.4 Å². The van der Waals surface area contributed by atoms with Gasteiger partial charge in [-0.2, -0.15) is 0 Å². The highest BCUT2D eigenvalue weighted by atomic mass is 32.2. The molecule has 0 amide bonds. The minimum atomic E-state index is -2.69. The van der Waals surface area contributed by atoms with Crippen molar-refractivity contribution in [1.29, 1.82) is 0 Å².